The topological polar surface area (TPSA) is 29.5 Å². The zero-order valence-electron chi connectivity index (χ0n) is 19.2. The van der Waals surface area contributed by atoms with Crippen LogP contribution in [0.25, 0.3) is 0 Å². The lowest BCUT2D eigenvalue weighted by molar-refractivity contribution is -0.909. The van der Waals surface area contributed by atoms with Crippen molar-refractivity contribution in [3.8, 4) is 0 Å². The maximum Gasteiger partial charge on any atom is 0.182 e. The molecule has 0 saturated heterocycles. The van der Waals surface area contributed by atoms with E-state index >= 15 is 0 Å². The van der Waals surface area contributed by atoms with E-state index in [0.29, 0.717) is 0 Å². The van der Waals surface area contributed by atoms with Crippen LogP contribution in [0.3, 0.4) is 0 Å². The van der Waals surface area contributed by atoms with Crippen molar-refractivity contribution in [1.29, 1.82) is 0 Å². The van der Waals surface area contributed by atoms with Gasteiger partial charge in [0.15, 0.2) is 6.73 Å². The fourth-order valence-electron chi connectivity index (χ4n) is 3.63. The number of rotatable bonds is 22. The van der Waals surface area contributed by atoms with Crippen molar-refractivity contribution in [3.63, 3.8) is 0 Å². The molecule has 164 valence electrons. The molecule has 0 aromatic rings. The van der Waals surface area contributed by atoms with Crippen molar-refractivity contribution in [2.45, 2.75) is 116 Å². The summed E-state index contributed by atoms with van der Waals surface area (Å²) in [7, 11) is 4.34. The van der Waals surface area contributed by atoms with Gasteiger partial charge >= 0.3 is 0 Å². The predicted octanol–water partition coefficient (Wildman–Crippen LogP) is 6.68. The summed E-state index contributed by atoms with van der Waals surface area (Å²) in [5, 5.41) is 8.91. The molecule has 0 fully saturated rings. The van der Waals surface area contributed by atoms with E-state index in [1.54, 1.807) is 0 Å². The van der Waals surface area contributed by atoms with Gasteiger partial charge in [-0.25, -0.2) is 0 Å². The van der Waals surface area contributed by atoms with E-state index in [0.717, 1.165) is 30.8 Å². The van der Waals surface area contributed by atoms with Crippen LogP contribution in [0.1, 0.15) is 116 Å². The summed E-state index contributed by atoms with van der Waals surface area (Å²) in [5.74, 6) is 0. The monoisotopic (exact) mass is 386 g/mol. The maximum absolute atomic E-state index is 8.91. The minimum Gasteiger partial charge on any atom is -0.396 e. The van der Waals surface area contributed by atoms with E-state index in [1.165, 1.54) is 103 Å². The normalized spacial score (nSPS) is 12.0. The van der Waals surface area contributed by atoms with Gasteiger partial charge in [-0.2, -0.15) is 0 Å². The zero-order valence-corrected chi connectivity index (χ0v) is 19.2. The molecule has 0 atom stereocenters. The van der Waals surface area contributed by atoms with Crippen LogP contribution < -0.4 is 0 Å². The van der Waals surface area contributed by atoms with E-state index in [-0.39, 0.29) is 6.61 Å². The zero-order chi connectivity index (χ0) is 20.1. The number of aliphatic hydroxyl groups excluding tert-OH is 1. The van der Waals surface area contributed by atoms with E-state index in [4.69, 9.17) is 9.84 Å². The summed E-state index contributed by atoms with van der Waals surface area (Å²) in [6.07, 6.45) is 23.4. The molecule has 0 bridgehead atoms. The number of hydrogen-bond donors (Lipinski definition) is 1. The molecule has 1 N–H and O–H groups in total. The fraction of sp³-hybridized carbons (Fsp3) is 1.00. The van der Waals surface area contributed by atoms with Crippen molar-refractivity contribution in [1.82, 2.24) is 0 Å². The molecule has 0 rings (SSSR count). The summed E-state index contributed by atoms with van der Waals surface area (Å²) in [4.78, 5) is 0. The molecule has 0 saturated carbocycles. The standard InChI is InChI=1S/C24H52NO2/c1-4-5-6-7-8-9-10-11-12-13-14-15-16-17-18-19-23-27-24-25(2,3)21-20-22-26/h26H,4-24H2,1-3H3/q+1. The third-order valence-corrected chi connectivity index (χ3v) is 5.50. The third kappa shape index (κ3) is 22.0. The van der Waals surface area contributed by atoms with E-state index in [1.807, 2.05) is 0 Å². The van der Waals surface area contributed by atoms with Crippen LogP contribution in [0, 0.1) is 0 Å². The van der Waals surface area contributed by atoms with Gasteiger partial charge in [0.25, 0.3) is 0 Å². The second-order valence-corrected chi connectivity index (χ2v) is 9.08. The Balaban J connectivity index is 3.13. The minimum absolute atomic E-state index is 0.279. The average molecular weight is 387 g/mol. The van der Waals surface area contributed by atoms with Crippen LogP contribution in [0.2, 0.25) is 0 Å². The highest BCUT2D eigenvalue weighted by molar-refractivity contribution is 4.50. The maximum atomic E-state index is 8.91. The molecule has 27 heavy (non-hydrogen) atoms. The minimum atomic E-state index is 0.279. The lowest BCUT2D eigenvalue weighted by Gasteiger charge is -2.28. The quantitative estimate of drug-likeness (QED) is 0.128. The SMILES string of the molecule is CCCCCCCCCCCCCCCCCCOC[N+](C)(C)CCCO. The highest BCUT2D eigenvalue weighted by atomic mass is 16.5. The summed E-state index contributed by atoms with van der Waals surface area (Å²) in [6.45, 7) is 5.20. The van der Waals surface area contributed by atoms with Crippen LogP contribution in [-0.2, 0) is 4.74 Å². The Morgan fingerprint density at radius 1 is 0.593 bits per heavy atom. The Hall–Kier alpha value is -0.120. The molecular formula is C24H52NO2+. The first-order valence-corrected chi connectivity index (χ1v) is 12.1. The summed E-state index contributed by atoms with van der Waals surface area (Å²) >= 11 is 0. The highest BCUT2D eigenvalue weighted by Gasteiger charge is 2.13. The van der Waals surface area contributed by atoms with Crippen molar-refractivity contribution in [3.05, 3.63) is 0 Å². The third-order valence-electron chi connectivity index (χ3n) is 5.50. The van der Waals surface area contributed by atoms with Gasteiger partial charge in [-0.05, 0) is 6.42 Å². The van der Waals surface area contributed by atoms with Crippen molar-refractivity contribution >= 4 is 0 Å². The Bertz CT molecular complexity index is 282. The van der Waals surface area contributed by atoms with Crippen LogP contribution >= 0.6 is 0 Å². The molecule has 3 nitrogen and oxygen atoms in total. The first kappa shape index (κ1) is 26.9. The fourth-order valence-corrected chi connectivity index (χ4v) is 3.63. The van der Waals surface area contributed by atoms with Gasteiger partial charge in [-0.1, -0.05) is 103 Å². The van der Waals surface area contributed by atoms with Crippen LogP contribution in [0.5, 0.6) is 0 Å². The Labute approximate surface area is 171 Å². The van der Waals surface area contributed by atoms with Crippen molar-refractivity contribution in [2.24, 2.45) is 0 Å². The van der Waals surface area contributed by atoms with Crippen molar-refractivity contribution in [2.75, 3.05) is 40.6 Å². The lowest BCUT2D eigenvalue weighted by atomic mass is 10.0. The number of nitrogens with zero attached hydrogens (tertiary/aromatic N) is 1. The largest absolute Gasteiger partial charge is 0.396 e. The van der Waals surface area contributed by atoms with Gasteiger partial charge in [-0.3, -0.25) is 0 Å². The molecular weight excluding hydrogens is 334 g/mol. The number of aliphatic hydroxyl groups is 1. The first-order valence-electron chi connectivity index (χ1n) is 12.1. The number of unbranched alkanes of at least 4 members (excludes halogenated alkanes) is 15. The second-order valence-electron chi connectivity index (χ2n) is 9.08. The Kier molecular flexibility index (Phi) is 20.5. The molecule has 0 aliphatic heterocycles. The number of hydrogen-bond acceptors (Lipinski definition) is 2. The molecule has 0 aromatic heterocycles. The Morgan fingerprint density at radius 2 is 1.00 bits per heavy atom. The van der Waals surface area contributed by atoms with Gasteiger partial charge in [0.1, 0.15) is 0 Å². The van der Waals surface area contributed by atoms with E-state index < -0.39 is 0 Å². The van der Waals surface area contributed by atoms with Crippen molar-refractivity contribution < 1.29 is 14.3 Å². The van der Waals surface area contributed by atoms with Crippen LogP contribution in [0.15, 0.2) is 0 Å². The summed E-state index contributed by atoms with van der Waals surface area (Å²) in [5.41, 5.74) is 0. The van der Waals surface area contributed by atoms with Gasteiger partial charge < -0.3 is 14.3 Å². The number of quaternary nitrogens is 1. The summed E-state index contributed by atoms with van der Waals surface area (Å²) in [6, 6.07) is 0. The van der Waals surface area contributed by atoms with Crippen LogP contribution in [-0.4, -0.2) is 50.2 Å². The smallest absolute Gasteiger partial charge is 0.182 e. The second kappa shape index (κ2) is 20.6. The molecule has 0 heterocycles. The lowest BCUT2D eigenvalue weighted by Crippen LogP contribution is -2.42. The van der Waals surface area contributed by atoms with Gasteiger partial charge in [0.2, 0.25) is 0 Å². The Morgan fingerprint density at radius 3 is 1.41 bits per heavy atom. The van der Waals surface area contributed by atoms with E-state index in [2.05, 4.69) is 21.0 Å². The van der Waals surface area contributed by atoms with E-state index in [9.17, 15) is 0 Å². The molecule has 0 spiro atoms. The predicted molar refractivity (Wildman–Crippen MR) is 119 cm³/mol. The molecule has 0 aromatic carbocycles. The van der Waals surface area contributed by atoms with Gasteiger partial charge in [-0.15, -0.1) is 0 Å². The van der Waals surface area contributed by atoms with Crippen LogP contribution in [0.4, 0.5) is 0 Å². The van der Waals surface area contributed by atoms with Gasteiger partial charge in [0.05, 0.1) is 27.2 Å². The van der Waals surface area contributed by atoms with Gasteiger partial charge in [0, 0.05) is 13.0 Å². The molecule has 0 amide bonds. The molecule has 0 unspecified atom stereocenters. The molecule has 0 aliphatic rings. The molecule has 3 heteroatoms. The molecule has 0 aliphatic carbocycles. The molecule has 0 radical (unpaired) electrons. The first-order chi connectivity index (χ1) is 13.1. The average Bonchev–Trinajstić information content (AvgIpc) is 2.65. The number of ether oxygens (including phenoxy) is 1. The highest BCUT2D eigenvalue weighted by Crippen LogP contribution is 2.13. The summed E-state index contributed by atoms with van der Waals surface area (Å²) < 4.78 is 6.65.